The van der Waals surface area contributed by atoms with Gasteiger partial charge in [-0.3, -0.25) is 10.1 Å². The van der Waals surface area contributed by atoms with Gasteiger partial charge in [-0.05, 0) is 24.0 Å². The molecule has 0 aliphatic rings. The largest absolute Gasteiger partial charge is 0.384 e. The van der Waals surface area contributed by atoms with Crippen LogP contribution in [-0.4, -0.2) is 32.4 Å². The van der Waals surface area contributed by atoms with E-state index in [2.05, 4.69) is 0 Å². The van der Waals surface area contributed by atoms with Gasteiger partial charge in [-0.1, -0.05) is 19.9 Å². The van der Waals surface area contributed by atoms with Crippen LogP contribution >= 0.6 is 0 Å². The lowest BCUT2D eigenvalue weighted by Gasteiger charge is -2.08. The van der Waals surface area contributed by atoms with Gasteiger partial charge in [-0.25, -0.2) is 0 Å². The van der Waals surface area contributed by atoms with Crippen molar-refractivity contribution in [2.24, 2.45) is 0 Å². The smallest absolute Gasteiger partial charge is 0.269 e. The number of rotatable bonds is 7. The standard InChI is InChI=1S/C12H17NO4.C2H6/c1-16-7-5-10-3-4-12(13(14)15)9-11(10)6-8-17-2;1-2/h3-4,9H,5-8H2,1-2H3;1-2H3. The average Bonchev–Trinajstić information content (AvgIpc) is 2.45. The third-order valence-corrected chi connectivity index (χ3v) is 2.55. The summed E-state index contributed by atoms with van der Waals surface area (Å²) in [5.41, 5.74) is 2.16. The molecule has 0 saturated heterocycles. The van der Waals surface area contributed by atoms with Crippen LogP contribution < -0.4 is 0 Å². The number of nitro groups is 1. The fourth-order valence-electron chi connectivity index (χ4n) is 1.63. The maximum Gasteiger partial charge on any atom is 0.269 e. The lowest BCUT2D eigenvalue weighted by molar-refractivity contribution is -0.384. The highest BCUT2D eigenvalue weighted by atomic mass is 16.6. The molecule has 0 aliphatic carbocycles. The van der Waals surface area contributed by atoms with Crippen LogP contribution in [0.2, 0.25) is 0 Å². The van der Waals surface area contributed by atoms with Gasteiger partial charge in [0.2, 0.25) is 0 Å². The number of nitro benzene ring substituents is 1. The zero-order valence-electron chi connectivity index (χ0n) is 12.1. The second-order valence-corrected chi connectivity index (χ2v) is 3.70. The van der Waals surface area contributed by atoms with Crippen LogP contribution in [0.5, 0.6) is 0 Å². The van der Waals surface area contributed by atoms with E-state index in [4.69, 9.17) is 9.47 Å². The van der Waals surface area contributed by atoms with Crippen molar-refractivity contribution in [2.45, 2.75) is 26.7 Å². The zero-order chi connectivity index (χ0) is 14.7. The van der Waals surface area contributed by atoms with E-state index in [9.17, 15) is 10.1 Å². The van der Waals surface area contributed by atoms with E-state index in [0.717, 1.165) is 17.5 Å². The average molecular weight is 269 g/mol. The highest BCUT2D eigenvalue weighted by molar-refractivity contribution is 5.40. The summed E-state index contributed by atoms with van der Waals surface area (Å²) < 4.78 is 10.0. The van der Waals surface area contributed by atoms with Crippen LogP contribution in [0.3, 0.4) is 0 Å². The molecule has 0 aliphatic heterocycles. The molecule has 5 heteroatoms. The molecule has 0 aromatic heterocycles. The van der Waals surface area contributed by atoms with Gasteiger partial charge in [0.15, 0.2) is 0 Å². The molecule has 1 aromatic rings. The second-order valence-electron chi connectivity index (χ2n) is 3.70. The molecule has 0 heterocycles. The molecule has 0 saturated carbocycles. The summed E-state index contributed by atoms with van der Waals surface area (Å²) in [6, 6.07) is 4.94. The normalized spacial score (nSPS) is 9.68. The van der Waals surface area contributed by atoms with Gasteiger partial charge in [-0.15, -0.1) is 0 Å². The molecular formula is C14H23NO4. The topological polar surface area (TPSA) is 61.6 Å². The van der Waals surface area contributed by atoms with Crippen molar-refractivity contribution in [1.29, 1.82) is 0 Å². The first-order chi connectivity index (χ1) is 9.19. The Hall–Kier alpha value is -1.46. The molecule has 1 rings (SSSR count). The lowest BCUT2D eigenvalue weighted by Crippen LogP contribution is -2.03. The summed E-state index contributed by atoms with van der Waals surface area (Å²) in [6.45, 7) is 5.17. The quantitative estimate of drug-likeness (QED) is 0.564. The molecular weight excluding hydrogens is 246 g/mol. The van der Waals surface area contributed by atoms with Gasteiger partial charge in [0.25, 0.3) is 5.69 Å². The minimum absolute atomic E-state index is 0.122. The Morgan fingerprint density at radius 1 is 1.05 bits per heavy atom. The number of hydrogen-bond acceptors (Lipinski definition) is 4. The van der Waals surface area contributed by atoms with Crippen molar-refractivity contribution in [3.05, 3.63) is 39.4 Å². The number of hydrogen-bond donors (Lipinski definition) is 0. The van der Waals surface area contributed by atoms with Crippen molar-refractivity contribution < 1.29 is 14.4 Å². The SMILES string of the molecule is CC.COCCc1ccc([N+](=O)[O-])cc1CCOC. The number of nitrogens with zero attached hydrogens (tertiary/aromatic N) is 1. The van der Waals surface area contributed by atoms with Gasteiger partial charge in [0.05, 0.1) is 18.1 Å². The Bertz CT molecular complexity index is 380. The van der Waals surface area contributed by atoms with Crippen LogP contribution in [0.4, 0.5) is 5.69 Å². The molecule has 19 heavy (non-hydrogen) atoms. The first kappa shape index (κ1) is 17.5. The van der Waals surface area contributed by atoms with Gasteiger partial charge in [0, 0.05) is 26.4 Å². The number of ether oxygens (including phenoxy) is 2. The first-order valence-electron chi connectivity index (χ1n) is 6.43. The Morgan fingerprint density at radius 2 is 1.58 bits per heavy atom. The second kappa shape index (κ2) is 10.5. The van der Waals surface area contributed by atoms with E-state index in [0.29, 0.717) is 19.6 Å². The molecule has 1 aromatic carbocycles. The van der Waals surface area contributed by atoms with Crippen LogP contribution in [0.15, 0.2) is 18.2 Å². The van der Waals surface area contributed by atoms with E-state index in [1.807, 2.05) is 13.8 Å². The van der Waals surface area contributed by atoms with Gasteiger partial charge < -0.3 is 9.47 Å². The lowest BCUT2D eigenvalue weighted by atomic mass is 10.0. The molecule has 5 nitrogen and oxygen atoms in total. The van der Waals surface area contributed by atoms with Gasteiger partial charge in [0.1, 0.15) is 0 Å². The van der Waals surface area contributed by atoms with Gasteiger partial charge in [-0.2, -0.15) is 0 Å². The predicted molar refractivity (Wildman–Crippen MR) is 75.6 cm³/mol. The van der Waals surface area contributed by atoms with E-state index < -0.39 is 0 Å². The fourth-order valence-corrected chi connectivity index (χ4v) is 1.63. The Balaban J connectivity index is 0.00000154. The highest BCUT2D eigenvalue weighted by Gasteiger charge is 2.10. The molecule has 0 spiro atoms. The zero-order valence-corrected chi connectivity index (χ0v) is 12.1. The van der Waals surface area contributed by atoms with Crippen molar-refractivity contribution in [3.63, 3.8) is 0 Å². The summed E-state index contributed by atoms with van der Waals surface area (Å²) in [7, 11) is 3.26. The van der Waals surface area contributed by atoms with Crippen molar-refractivity contribution in [2.75, 3.05) is 27.4 Å². The number of methoxy groups -OCH3 is 2. The minimum atomic E-state index is -0.379. The molecule has 0 unspecified atom stereocenters. The van der Waals surface area contributed by atoms with Crippen LogP contribution in [0, 0.1) is 10.1 Å². The maximum atomic E-state index is 10.7. The molecule has 0 fully saturated rings. The van der Waals surface area contributed by atoms with Crippen molar-refractivity contribution >= 4 is 5.69 Å². The van der Waals surface area contributed by atoms with Gasteiger partial charge >= 0.3 is 0 Å². The summed E-state index contributed by atoms with van der Waals surface area (Å²) in [5.74, 6) is 0. The number of benzene rings is 1. The highest BCUT2D eigenvalue weighted by Crippen LogP contribution is 2.19. The fraction of sp³-hybridized carbons (Fsp3) is 0.571. The van der Waals surface area contributed by atoms with E-state index in [-0.39, 0.29) is 10.6 Å². The monoisotopic (exact) mass is 269 g/mol. The van der Waals surface area contributed by atoms with E-state index >= 15 is 0 Å². The Morgan fingerprint density at radius 3 is 2.05 bits per heavy atom. The predicted octanol–water partition coefficient (Wildman–Crippen LogP) is 3.00. The molecule has 0 radical (unpaired) electrons. The van der Waals surface area contributed by atoms with E-state index in [1.165, 1.54) is 6.07 Å². The van der Waals surface area contributed by atoms with E-state index in [1.54, 1.807) is 26.4 Å². The van der Waals surface area contributed by atoms with Crippen LogP contribution in [-0.2, 0) is 22.3 Å². The minimum Gasteiger partial charge on any atom is -0.384 e. The molecule has 108 valence electrons. The Kier molecular flexibility index (Phi) is 9.66. The summed E-state index contributed by atoms with van der Waals surface area (Å²) in [4.78, 5) is 10.3. The molecule has 0 amide bonds. The van der Waals surface area contributed by atoms with Crippen molar-refractivity contribution in [3.8, 4) is 0 Å². The third kappa shape index (κ3) is 6.31. The first-order valence-corrected chi connectivity index (χ1v) is 6.43. The van der Waals surface area contributed by atoms with Crippen LogP contribution in [0.1, 0.15) is 25.0 Å². The van der Waals surface area contributed by atoms with Crippen molar-refractivity contribution in [1.82, 2.24) is 0 Å². The summed E-state index contributed by atoms with van der Waals surface area (Å²) in [6.07, 6.45) is 1.44. The number of non-ortho nitro benzene ring substituents is 1. The summed E-state index contributed by atoms with van der Waals surface area (Å²) in [5, 5.41) is 10.7. The molecule has 0 atom stereocenters. The third-order valence-electron chi connectivity index (χ3n) is 2.55. The Labute approximate surface area is 114 Å². The van der Waals surface area contributed by atoms with Crippen LogP contribution in [0.25, 0.3) is 0 Å². The maximum absolute atomic E-state index is 10.7. The molecule has 0 bridgehead atoms. The summed E-state index contributed by atoms with van der Waals surface area (Å²) >= 11 is 0. The molecule has 0 N–H and O–H groups in total.